The number of Topliss-reactive ketones (excluding diaryl/α,β-unsaturated/α-hetero) is 4. The smallest absolute Gasteiger partial charge is 0.227 e. The van der Waals surface area contributed by atoms with Gasteiger partial charge >= 0.3 is 0 Å². The second-order valence-electron chi connectivity index (χ2n) is 21.1. The Balaban J connectivity index is 1.12. The summed E-state index contributed by atoms with van der Waals surface area (Å²) in [6, 6.07) is 28.4. The van der Waals surface area contributed by atoms with Gasteiger partial charge in [-0.15, -0.1) is 0 Å². The average Bonchev–Trinajstić information content (AvgIpc) is 2.03. The molecule has 0 saturated carbocycles. The third-order valence-corrected chi connectivity index (χ3v) is 15.4. The summed E-state index contributed by atoms with van der Waals surface area (Å²) in [4.78, 5) is 75.7. The van der Waals surface area contributed by atoms with Crippen molar-refractivity contribution in [2.75, 3.05) is 21.3 Å². The van der Waals surface area contributed by atoms with Crippen LogP contribution in [-0.2, 0) is 19.2 Å². The number of aliphatic hydroxyl groups excluding tert-OH is 4. The summed E-state index contributed by atoms with van der Waals surface area (Å²) in [5.41, 5.74) is 2.43. The number of phenolic OH excluding ortho intramolecular Hbond substituents is 4. The van der Waals surface area contributed by atoms with E-state index in [4.69, 9.17) is 9.97 Å². The average molecular weight is 1170 g/mol. The van der Waals surface area contributed by atoms with Crippen LogP contribution in [0, 0.1) is 0 Å². The molecule has 0 fully saturated rings. The Hall–Kier alpha value is -12.3. The highest BCUT2D eigenvalue weighted by molar-refractivity contribution is 6.34. The minimum absolute atomic E-state index is 0.0794. The Kier molecular flexibility index (Phi) is 13.7. The predicted octanol–water partition coefficient (Wildman–Crippen LogP) is 11.0. The van der Waals surface area contributed by atoms with Gasteiger partial charge in [0.25, 0.3) is 0 Å². The maximum atomic E-state index is 14.6. The van der Waals surface area contributed by atoms with Crippen molar-refractivity contribution in [2.45, 2.75) is 24.2 Å². The van der Waals surface area contributed by atoms with Crippen molar-refractivity contribution in [1.82, 2.24) is 19.9 Å². The number of aromatic nitrogens is 4. The van der Waals surface area contributed by atoms with Gasteiger partial charge in [0.05, 0.1) is 69.7 Å². The van der Waals surface area contributed by atoms with E-state index in [-0.39, 0.29) is 135 Å². The van der Waals surface area contributed by atoms with Gasteiger partial charge in [-0.25, -0.2) is 9.97 Å². The standard InChI is InChI=1S/C68H50N8O12/c77-53-13-5-1-9-41(53)69-33-25-37(65(85)57(81)29-33)61-45-17-19-47(73-45)62(38-26-34(30-58(82)66(38)86)70-42-10-2-6-14-54(42)78)49-21-23-51(75-49)64(40-28-36(32-60(84)68(40)88)72-44-12-4-8-16-56(44)80)52-24-22-50(76-52)63(48-20-18-46(61)74-48)39-27-35(31-59(83)67(39)87)71-43-11-3-7-15-55(43)79/h1-36,69-73,76-84H. The van der Waals surface area contributed by atoms with E-state index in [1.165, 1.54) is 48.6 Å². The van der Waals surface area contributed by atoms with E-state index in [0.29, 0.717) is 0 Å². The number of aromatic amines is 2. The molecule has 3 aromatic heterocycles. The van der Waals surface area contributed by atoms with E-state index < -0.39 is 70.3 Å². The molecular weight excluding hydrogens is 1120 g/mol. The van der Waals surface area contributed by atoms with Crippen LogP contribution < -0.4 is 21.3 Å². The Labute approximate surface area is 498 Å². The van der Waals surface area contributed by atoms with Gasteiger partial charge in [-0.05, 0) is 146 Å². The zero-order chi connectivity index (χ0) is 61.1. The number of carbonyl (C=O) groups is 4. The highest BCUT2D eigenvalue weighted by atomic mass is 16.3. The number of para-hydroxylation sites is 8. The molecule has 4 aromatic carbocycles. The lowest BCUT2D eigenvalue weighted by Crippen LogP contribution is -2.23. The SMILES string of the molecule is O=C1C(O)=CC(Nc2ccccc2O)C=C1c1c2nc(c(C3=CC(Nc4ccccc4O)C=C(O)C3=O)c3ccc([nH]3)c(C3=CC(Nc4ccccc4O)C=C(O)C3=O)c3nc(c(C4=CC(Nc5ccccc5O)C=C(O)C4=O)c4ccc1[nH]4)C=C3)C=C2. The van der Waals surface area contributed by atoms with E-state index in [9.17, 15) is 60.0 Å². The molecule has 13 rings (SSSR count). The maximum absolute atomic E-state index is 14.6. The van der Waals surface area contributed by atoms with Crippen LogP contribution >= 0.6 is 0 Å². The lowest BCUT2D eigenvalue weighted by molar-refractivity contribution is -0.113. The molecule has 0 amide bonds. The molecule has 6 aliphatic rings. The number of hydrogen-bond acceptors (Lipinski definition) is 18. The molecule has 4 atom stereocenters. The number of nitrogens with zero attached hydrogens (tertiary/aromatic N) is 2. The number of ketones is 4. The number of allylic oxidation sites excluding steroid dienone is 4. The fourth-order valence-corrected chi connectivity index (χ4v) is 11.3. The summed E-state index contributed by atoms with van der Waals surface area (Å²) in [5.74, 6) is -6.33. The van der Waals surface area contributed by atoms with Crippen molar-refractivity contribution in [2.24, 2.45) is 0 Å². The van der Waals surface area contributed by atoms with Crippen molar-refractivity contribution in [3.63, 3.8) is 0 Å². The van der Waals surface area contributed by atoms with Crippen LogP contribution in [0.3, 0.4) is 0 Å². The fourth-order valence-electron chi connectivity index (χ4n) is 11.3. The van der Waals surface area contributed by atoms with Gasteiger partial charge in [0.15, 0.2) is 23.0 Å². The minimum atomic E-state index is -0.918. The molecule has 4 aliphatic carbocycles. The Morgan fingerprint density at radius 1 is 0.295 bits per heavy atom. The number of aliphatic hydroxyl groups is 4. The molecule has 0 spiro atoms. The number of hydrogen-bond donors (Lipinski definition) is 14. The van der Waals surface area contributed by atoms with E-state index in [0.717, 1.165) is 0 Å². The van der Waals surface area contributed by atoms with E-state index in [1.807, 2.05) is 0 Å². The second kappa shape index (κ2) is 22.0. The van der Waals surface area contributed by atoms with Crippen molar-refractivity contribution in [3.05, 3.63) is 238 Å². The number of rotatable bonds is 12. The summed E-state index contributed by atoms with van der Waals surface area (Å²) < 4.78 is 0. The Bertz CT molecular complexity index is 4160. The lowest BCUT2D eigenvalue weighted by atomic mass is 9.92. The Morgan fingerprint density at radius 3 is 0.727 bits per heavy atom. The zero-order valence-electron chi connectivity index (χ0n) is 45.9. The number of nitrogens with one attached hydrogen (secondary N) is 6. The first kappa shape index (κ1) is 54.9. The first-order chi connectivity index (χ1) is 42.5. The van der Waals surface area contributed by atoms with Crippen molar-refractivity contribution in [3.8, 4) is 23.0 Å². The van der Waals surface area contributed by atoms with E-state index in [2.05, 4.69) is 31.2 Å². The first-order valence-corrected chi connectivity index (χ1v) is 27.6. The van der Waals surface area contributed by atoms with Gasteiger partial charge in [-0.3, -0.25) is 19.2 Å². The molecule has 434 valence electrons. The maximum Gasteiger partial charge on any atom is 0.227 e. The molecule has 5 heterocycles. The molecule has 8 bridgehead atoms. The molecule has 88 heavy (non-hydrogen) atoms. The van der Waals surface area contributed by atoms with Gasteiger partial charge in [0.2, 0.25) is 23.1 Å². The fraction of sp³-hybridized carbons (Fsp3) is 0.0588. The topological polar surface area (TPSA) is 336 Å². The van der Waals surface area contributed by atoms with Crippen molar-refractivity contribution in [1.29, 1.82) is 0 Å². The molecule has 0 saturated heterocycles. The van der Waals surface area contributed by atoms with Gasteiger partial charge < -0.3 is 72.1 Å². The van der Waals surface area contributed by atoms with E-state index in [1.54, 1.807) is 146 Å². The number of aromatic hydroxyl groups is 4. The summed E-state index contributed by atoms with van der Waals surface area (Å²) in [5, 5.41) is 102. The Morgan fingerprint density at radius 2 is 0.511 bits per heavy atom. The summed E-state index contributed by atoms with van der Waals surface area (Å²) in [6.45, 7) is 0. The molecule has 2 aliphatic heterocycles. The normalized spacial score (nSPS) is 18.9. The number of benzene rings is 4. The second-order valence-corrected chi connectivity index (χ2v) is 21.1. The third kappa shape index (κ3) is 10.2. The number of carbonyl (C=O) groups excluding carboxylic acids is 4. The number of phenols is 4. The van der Waals surface area contributed by atoms with Crippen LogP contribution in [0.2, 0.25) is 0 Å². The van der Waals surface area contributed by atoms with Crippen LogP contribution in [0.15, 0.2) is 193 Å². The van der Waals surface area contributed by atoms with Crippen LogP contribution in [0.4, 0.5) is 22.7 Å². The first-order valence-electron chi connectivity index (χ1n) is 27.6. The molecule has 4 unspecified atom stereocenters. The molecular formula is C68H50N8O12. The summed E-state index contributed by atoms with van der Waals surface area (Å²) in [6.07, 6.45) is 17.6. The van der Waals surface area contributed by atoms with Crippen LogP contribution in [-0.4, -0.2) is 108 Å². The zero-order valence-corrected chi connectivity index (χ0v) is 45.9. The molecule has 20 nitrogen and oxygen atoms in total. The number of anilines is 4. The van der Waals surface area contributed by atoms with Gasteiger partial charge in [0.1, 0.15) is 23.0 Å². The van der Waals surface area contributed by atoms with Crippen LogP contribution in [0.25, 0.3) is 68.7 Å². The van der Waals surface area contributed by atoms with Crippen molar-refractivity contribution < 1.29 is 60.0 Å². The predicted molar refractivity (Wildman–Crippen MR) is 336 cm³/mol. The summed E-state index contributed by atoms with van der Waals surface area (Å²) in [7, 11) is 0. The highest BCUT2D eigenvalue weighted by Gasteiger charge is 2.34. The van der Waals surface area contributed by atoms with Crippen LogP contribution in [0.1, 0.15) is 45.0 Å². The number of fused-ring (bicyclic) bond motifs is 8. The molecule has 14 N–H and O–H groups in total. The van der Waals surface area contributed by atoms with Crippen LogP contribution in [0.5, 0.6) is 23.0 Å². The van der Waals surface area contributed by atoms with Gasteiger partial charge in [-0.2, -0.15) is 0 Å². The molecule has 0 radical (unpaired) electrons. The highest BCUT2D eigenvalue weighted by Crippen LogP contribution is 2.41. The molecule has 7 aromatic rings. The van der Waals surface area contributed by atoms with Gasteiger partial charge in [0, 0.05) is 66.6 Å². The van der Waals surface area contributed by atoms with E-state index >= 15 is 0 Å². The number of H-pyrrole nitrogens is 2. The van der Waals surface area contributed by atoms with Gasteiger partial charge in [-0.1, -0.05) is 48.5 Å². The largest absolute Gasteiger partial charge is 0.506 e. The minimum Gasteiger partial charge on any atom is -0.506 e. The summed E-state index contributed by atoms with van der Waals surface area (Å²) >= 11 is 0. The third-order valence-electron chi connectivity index (χ3n) is 15.4. The monoisotopic (exact) mass is 1170 g/mol. The molecule has 20 heteroatoms. The lowest BCUT2D eigenvalue weighted by Gasteiger charge is -2.21. The van der Waals surface area contributed by atoms with Crippen molar-refractivity contribution >= 4 is 115 Å². The quantitative estimate of drug-likeness (QED) is 0.0505.